The fraction of sp³-hybridized carbons (Fsp3) is 0.692. The highest BCUT2D eigenvalue weighted by Crippen LogP contribution is 2.25. The quantitative estimate of drug-likeness (QED) is 0.785. The van der Waals surface area contributed by atoms with Crippen LogP contribution in [0.5, 0.6) is 0 Å². The second-order valence-corrected chi connectivity index (χ2v) is 6.54. The van der Waals surface area contributed by atoms with Gasteiger partial charge in [-0.2, -0.15) is 4.31 Å². The molecule has 7 heteroatoms. The summed E-state index contributed by atoms with van der Waals surface area (Å²) in [6, 6.07) is 1.36. The smallest absolute Gasteiger partial charge is 0.246 e. The SMILES string of the molecule is CCN(C(C)COC)S(=O)(=O)c1cc(CNC)oc1C. The van der Waals surface area contributed by atoms with Gasteiger partial charge in [0.15, 0.2) is 0 Å². The molecule has 1 aromatic rings. The van der Waals surface area contributed by atoms with Crippen molar-refractivity contribution in [1.29, 1.82) is 0 Å². The third kappa shape index (κ3) is 3.60. The lowest BCUT2D eigenvalue weighted by Crippen LogP contribution is -2.40. The summed E-state index contributed by atoms with van der Waals surface area (Å²) in [5.41, 5.74) is 0. The van der Waals surface area contributed by atoms with Crippen molar-refractivity contribution in [2.24, 2.45) is 0 Å². The highest BCUT2D eigenvalue weighted by atomic mass is 32.2. The first-order valence-corrected chi connectivity index (χ1v) is 8.07. The second-order valence-electron chi connectivity index (χ2n) is 4.68. The molecule has 1 aromatic heterocycles. The van der Waals surface area contributed by atoms with Gasteiger partial charge in [-0.05, 0) is 20.9 Å². The fourth-order valence-electron chi connectivity index (χ4n) is 2.21. The van der Waals surface area contributed by atoms with E-state index in [9.17, 15) is 8.42 Å². The maximum Gasteiger partial charge on any atom is 0.246 e. The van der Waals surface area contributed by atoms with Gasteiger partial charge in [-0.15, -0.1) is 0 Å². The molecule has 1 N–H and O–H groups in total. The van der Waals surface area contributed by atoms with Crippen molar-refractivity contribution in [3.8, 4) is 0 Å². The summed E-state index contributed by atoms with van der Waals surface area (Å²) in [6.07, 6.45) is 0. The van der Waals surface area contributed by atoms with E-state index in [0.717, 1.165) is 0 Å². The van der Waals surface area contributed by atoms with E-state index in [1.807, 2.05) is 13.8 Å². The average Bonchev–Trinajstić information content (AvgIpc) is 2.72. The van der Waals surface area contributed by atoms with Crippen molar-refractivity contribution in [2.45, 2.75) is 38.3 Å². The van der Waals surface area contributed by atoms with E-state index in [1.165, 1.54) is 4.31 Å². The Morgan fingerprint density at radius 2 is 2.15 bits per heavy atom. The summed E-state index contributed by atoms with van der Waals surface area (Å²) in [5.74, 6) is 1.03. The van der Waals surface area contributed by atoms with Crippen LogP contribution in [0.25, 0.3) is 0 Å². The summed E-state index contributed by atoms with van der Waals surface area (Å²) in [7, 11) is -0.226. The van der Waals surface area contributed by atoms with Crippen LogP contribution in [0.4, 0.5) is 0 Å². The molecule has 0 spiro atoms. The first-order valence-electron chi connectivity index (χ1n) is 6.63. The monoisotopic (exact) mass is 304 g/mol. The summed E-state index contributed by atoms with van der Waals surface area (Å²) in [4.78, 5) is 0.229. The van der Waals surface area contributed by atoms with Crippen LogP contribution >= 0.6 is 0 Å². The van der Waals surface area contributed by atoms with Gasteiger partial charge >= 0.3 is 0 Å². The molecule has 0 radical (unpaired) electrons. The van der Waals surface area contributed by atoms with Crippen LogP contribution in [0.15, 0.2) is 15.4 Å². The molecule has 0 aliphatic rings. The Morgan fingerprint density at radius 3 is 2.65 bits per heavy atom. The largest absolute Gasteiger partial charge is 0.464 e. The molecular formula is C13H24N2O4S. The van der Waals surface area contributed by atoms with E-state index in [0.29, 0.717) is 31.2 Å². The van der Waals surface area contributed by atoms with Crippen molar-refractivity contribution in [3.05, 3.63) is 17.6 Å². The van der Waals surface area contributed by atoms with Gasteiger partial charge in [-0.1, -0.05) is 6.92 Å². The maximum absolute atomic E-state index is 12.7. The molecule has 0 aromatic carbocycles. The van der Waals surface area contributed by atoms with Gasteiger partial charge in [-0.3, -0.25) is 0 Å². The van der Waals surface area contributed by atoms with Crippen LogP contribution < -0.4 is 5.32 Å². The Morgan fingerprint density at radius 1 is 1.50 bits per heavy atom. The van der Waals surface area contributed by atoms with Crippen molar-refractivity contribution >= 4 is 10.0 Å². The Balaban J connectivity index is 3.13. The number of ether oxygens (including phenoxy) is 1. The van der Waals surface area contributed by atoms with Gasteiger partial charge in [0.1, 0.15) is 16.4 Å². The summed E-state index contributed by atoms with van der Waals surface area (Å²) < 4.78 is 37.4. The molecule has 0 saturated carbocycles. The molecule has 1 rings (SSSR count). The molecule has 0 fully saturated rings. The molecule has 1 atom stereocenters. The number of methoxy groups -OCH3 is 1. The summed E-state index contributed by atoms with van der Waals surface area (Å²) >= 11 is 0. The molecular weight excluding hydrogens is 280 g/mol. The highest BCUT2D eigenvalue weighted by Gasteiger charge is 2.31. The lowest BCUT2D eigenvalue weighted by molar-refractivity contribution is 0.142. The van der Waals surface area contributed by atoms with E-state index in [-0.39, 0.29) is 10.9 Å². The molecule has 20 heavy (non-hydrogen) atoms. The Hall–Kier alpha value is -0.890. The molecule has 0 bridgehead atoms. The van der Waals surface area contributed by atoms with Gasteiger partial charge in [0.2, 0.25) is 10.0 Å². The number of nitrogens with one attached hydrogen (secondary N) is 1. The van der Waals surface area contributed by atoms with Gasteiger partial charge in [0.25, 0.3) is 0 Å². The van der Waals surface area contributed by atoms with Crippen LogP contribution in [0.3, 0.4) is 0 Å². The Kier molecular flexibility index (Phi) is 6.19. The highest BCUT2D eigenvalue weighted by molar-refractivity contribution is 7.89. The minimum atomic E-state index is -3.57. The van der Waals surface area contributed by atoms with E-state index >= 15 is 0 Å². The minimum absolute atomic E-state index is 0.225. The first kappa shape index (κ1) is 17.2. The van der Waals surface area contributed by atoms with Gasteiger partial charge in [-0.25, -0.2) is 8.42 Å². The molecule has 0 saturated heterocycles. The van der Waals surface area contributed by atoms with Crippen LogP contribution in [0, 0.1) is 6.92 Å². The number of likely N-dealkylation sites (N-methyl/N-ethyl adjacent to an activating group) is 1. The molecule has 0 amide bonds. The first-order chi connectivity index (χ1) is 9.38. The lowest BCUT2D eigenvalue weighted by Gasteiger charge is -2.26. The zero-order valence-electron chi connectivity index (χ0n) is 12.8. The normalized spacial score (nSPS) is 13.9. The van der Waals surface area contributed by atoms with Crippen LogP contribution in [-0.4, -0.2) is 46.1 Å². The van der Waals surface area contributed by atoms with Gasteiger partial charge < -0.3 is 14.5 Å². The van der Waals surface area contributed by atoms with Gasteiger partial charge in [0, 0.05) is 25.8 Å². The molecule has 0 aliphatic heterocycles. The number of sulfonamides is 1. The van der Waals surface area contributed by atoms with Crippen molar-refractivity contribution in [2.75, 3.05) is 27.3 Å². The van der Waals surface area contributed by atoms with Gasteiger partial charge in [0.05, 0.1) is 13.2 Å². The van der Waals surface area contributed by atoms with Crippen LogP contribution in [0.2, 0.25) is 0 Å². The topological polar surface area (TPSA) is 71.8 Å². The molecule has 0 aliphatic carbocycles. The number of aryl methyl sites for hydroxylation is 1. The van der Waals surface area contributed by atoms with Crippen LogP contribution in [-0.2, 0) is 21.3 Å². The molecule has 1 unspecified atom stereocenters. The zero-order chi connectivity index (χ0) is 15.3. The van der Waals surface area contributed by atoms with E-state index in [4.69, 9.17) is 9.15 Å². The van der Waals surface area contributed by atoms with Crippen molar-refractivity contribution in [1.82, 2.24) is 9.62 Å². The number of hydrogen-bond donors (Lipinski definition) is 1. The predicted octanol–water partition coefficient (Wildman–Crippen LogP) is 1.35. The minimum Gasteiger partial charge on any atom is -0.464 e. The summed E-state index contributed by atoms with van der Waals surface area (Å²) in [5, 5.41) is 2.94. The third-order valence-electron chi connectivity index (χ3n) is 3.07. The number of hydrogen-bond acceptors (Lipinski definition) is 5. The second kappa shape index (κ2) is 7.21. The van der Waals surface area contributed by atoms with Crippen molar-refractivity contribution < 1.29 is 17.6 Å². The van der Waals surface area contributed by atoms with E-state index < -0.39 is 10.0 Å². The molecule has 116 valence electrons. The molecule has 6 nitrogen and oxygen atoms in total. The zero-order valence-corrected chi connectivity index (χ0v) is 13.6. The van der Waals surface area contributed by atoms with Crippen LogP contribution in [0.1, 0.15) is 25.4 Å². The molecule has 1 heterocycles. The maximum atomic E-state index is 12.7. The standard InChI is InChI=1S/C13H24N2O4S/c1-6-15(10(2)9-18-5)20(16,17)13-7-12(8-14-4)19-11(13)3/h7,10,14H,6,8-9H2,1-5H3. The third-order valence-corrected chi connectivity index (χ3v) is 5.27. The van der Waals surface area contributed by atoms with E-state index in [2.05, 4.69) is 5.32 Å². The predicted molar refractivity (Wildman–Crippen MR) is 77.1 cm³/mol. The average molecular weight is 304 g/mol. The number of furan rings is 1. The lowest BCUT2D eigenvalue weighted by atomic mass is 10.4. The summed E-state index contributed by atoms with van der Waals surface area (Å²) in [6.45, 7) is 6.55. The van der Waals surface area contributed by atoms with E-state index in [1.54, 1.807) is 27.1 Å². The Bertz CT molecular complexity index is 524. The van der Waals surface area contributed by atoms with Crippen molar-refractivity contribution in [3.63, 3.8) is 0 Å². The number of nitrogens with zero attached hydrogens (tertiary/aromatic N) is 1. The number of rotatable bonds is 8. The Labute approximate surface area is 121 Å². The fourth-order valence-corrected chi connectivity index (χ4v) is 4.02.